The lowest BCUT2D eigenvalue weighted by Gasteiger charge is -2.19. The molecule has 8 aromatic rings. The molecule has 0 aliphatic carbocycles. The Morgan fingerprint density at radius 1 is 0.404 bits per heavy atom. The van der Waals surface area contributed by atoms with Crippen LogP contribution in [-0.2, 0) is 31.5 Å². The highest BCUT2D eigenvalue weighted by Crippen LogP contribution is 2.39. The fourth-order valence-electron chi connectivity index (χ4n) is 7.75. The average molecular weight is 776 g/mol. The molecule has 8 rings (SSSR count). The van der Waals surface area contributed by atoms with Gasteiger partial charge in [0.15, 0.2) is 10.8 Å². The second kappa shape index (κ2) is 12.8. The highest BCUT2D eigenvalue weighted by Gasteiger charge is 2.25. The summed E-state index contributed by atoms with van der Waals surface area (Å²) >= 11 is 0. The maximum absolute atomic E-state index is 14.0. The van der Waals surface area contributed by atoms with Gasteiger partial charge in [-0.05, 0) is 105 Å². The fourth-order valence-corrected chi connectivity index (χ4v) is 8.82. The third-order valence-corrected chi connectivity index (χ3v) is 13.0. The molecule has 0 fully saturated rings. The van der Waals surface area contributed by atoms with Crippen LogP contribution >= 0.6 is 0 Å². The van der Waals surface area contributed by atoms with Crippen molar-refractivity contribution < 1.29 is 8.42 Å². The minimum Gasteiger partial charge on any atom is -0.294 e. The Balaban J connectivity index is 1.18. The molecule has 0 bridgehead atoms. The predicted octanol–water partition coefficient (Wildman–Crippen LogP) is 12.1. The van der Waals surface area contributed by atoms with Crippen LogP contribution in [-0.4, -0.2) is 32.5 Å². The van der Waals surface area contributed by atoms with Crippen molar-refractivity contribution in [2.24, 2.45) is 0 Å². The molecular formula is C49H53N5O2S. The molecule has 4 heterocycles. The molecule has 57 heavy (non-hydrogen) atoms. The molecule has 4 aromatic carbocycles. The van der Waals surface area contributed by atoms with Crippen LogP contribution in [0.1, 0.15) is 105 Å². The van der Waals surface area contributed by atoms with Crippen molar-refractivity contribution in [2.45, 2.75) is 115 Å². The van der Waals surface area contributed by atoms with Gasteiger partial charge in [-0.1, -0.05) is 107 Å². The number of pyridine rings is 1. The van der Waals surface area contributed by atoms with Gasteiger partial charge in [0, 0.05) is 27.7 Å². The Bertz CT molecular complexity index is 2640. The van der Waals surface area contributed by atoms with Gasteiger partial charge in [0.05, 0.1) is 39.4 Å². The van der Waals surface area contributed by atoms with E-state index in [4.69, 9.17) is 9.97 Å². The smallest absolute Gasteiger partial charge is 0.226 e. The third-order valence-electron chi connectivity index (χ3n) is 11.4. The Hall–Kier alpha value is -5.34. The van der Waals surface area contributed by atoms with Gasteiger partial charge in [-0.2, -0.15) is 0 Å². The normalized spacial score (nSPS) is 13.4. The zero-order valence-corrected chi connectivity index (χ0v) is 36.1. The molecule has 292 valence electrons. The summed E-state index contributed by atoms with van der Waals surface area (Å²) in [6, 6.07) is 29.8. The highest BCUT2D eigenvalue weighted by molar-refractivity contribution is 7.91. The summed E-state index contributed by atoms with van der Waals surface area (Å²) in [7, 11) is -4.02. The SMILES string of the molecule is CC(C)(C)c1ccc2c(c1)c1cc(C(C)(C)C)ccc1n2-c1ccc(S(=O)(=O)c2cnc(-n3c4ccc(C(C)(C)C)cc4c4cc(C(C)(C)C)ccc43)cn2)cn1. The molecule has 0 spiro atoms. The number of aromatic nitrogens is 5. The van der Waals surface area contributed by atoms with Gasteiger partial charge in [-0.25, -0.2) is 23.4 Å². The van der Waals surface area contributed by atoms with Crippen LogP contribution in [0, 0.1) is 0 Å². The molecule has 0 saturated heterocycles. The summed E-state index contributed by atoms with van der Waals surface area (Å²) in [5.41, 5.74) is 8.90. The number of fused-ring (bicyclic) bond motifs is 6. The minimum absolute atomic E-state index is 0.0185. The first-order valence-electron chi connectivity index (χ1n) is 19.8. The Labute approximate surface area is 336 Å². The molecule has 7 nitrogen and oxygen atoms in total. The van der Waals surface area contributed by atoms with Crippen molar-refractivity contribution in [1.29, 1.82) is 0 Å². The standard InChI is InChI=1S/C49H53N5O2S/c1-46(2,3)30-13-18-39-35(23-30)36-24-31(47(4,5)6)14-19-40(36)53(39)43-22-17-34(27-50-43)57(55,56)45-29-51-44(28-52-45)54-41-20-15-32(48(7,8)9)25-37(41)38-26-33(49(10,11)12)16-21-42(38)54/h13-29H,1-12H3. The third kappa shape index (κ3) is 6.62. The Morgan fingerprint density at radius 2 is 0.754 bits per heavy atom. The molecule has 0 radical (unpaired) electrons. The Morgan fingerprint density at radius 3 is 1.05 bits per heavy atom. The number of sulfone groups is 1. The van der Waals surface area contributed by atoms with E-state index in [-0.39, 0.29) is 31.6 Å². The first-order chi connectivity index (χ1) is 26.5. The van der Waals surface area contributed by atoms with E-state index < -0.39 is 9.84 Å². The lowest BCUT2D eigenvalue weighted by atomic mass is 9.85. The van der Waals surface area contributed by atoms with E-state index >= 15 is 0 Å². The highest BCUT2D eigenvalue weighted by atomic mass is 32.2. The molecule has 0 N–H and O–H groups in total. The van der Waals surface area contributed by atoms with E-state index in [9.17, 15) is 8.42 Å². The maximum atomic E-state index is 14.0. The van der Waals surface area contributed by atoms with Crippen LogP contribution in [0.3, 0.4) is 0 Å². The number of hydrogen-bond acceptors (Lipinski definition) is 5. The van der Waals surface area contributed by atoms with Crippen molar-refractivity contribution in [3.05, 3.63) is 126 Å². The lowest BCUT2D eigenvalue weighted by molar-refractivity contribution is 0.590. The molecule has 0 saturated carbocycles. The molecule has 0 amide bonds. The van der Waals surface area contributed by atoms with Gasteiger partial charge >= 0.3 is 0 Å². The predicted molar refractivity (Wildman–Crippen MR) is 235 cm³/mol. The van der Waals surface area contributed by atoms with E-state index in [1.165, 1.54) is 34.6 Å². The van der Waals surface area contributed by atoms with Gasteiger partial charge in [-0.3, -0.25) is 9.13 Å². The lowest BCUT2D eigenvalue weighted by Crippen LogP contribution is -2.10. The minimum atomic E-state index is -4.02. The quantitative estimate of drug-likeness (QED) is 0.178. The van der Waals surface area contributed by atoms with Gasteiger partial charge < -0.3 is 0 Å². The van der Waals surface area contributed by atoms with Crippen molar-refractivity contribution in [1.82, 2.24) is 24.1 Å². The summed E-state index contributed by atoms with van der Waals surface area (Å²) in [4.78, 5) is 14.1. The van der Waals surface area contributed by atoms with Crippen molar-refractivity contribution in [3.8, 4) is 11.6 Å². The average Bonchev–Trinajstić information content (AvgIpc) is 3.65. The van der Waals surface area contributed by atoms with E-state index in [0.717, 1.165) is 43.6 Å². The van der Waals surface area contributed by atoms with Gasteiger partial charge in [-0.15, -0.1) is 0 Å². The molecule has 0 aliphatic heterocycles. The molecule has 0 unspecified atom stereocenters. The van der Waals surface area contributed by atoms with Crippen LogP contribution in [0.2, 0.25) is 0 Å². The van der Waals surface area contributed by atoms with E-state index in [1.54, 1.807) is 18.3 Å². The van der Waals surface area contributed by atoms with Gasteiger partial charge in [0.25, 0.3) is 0 Å². The largest absolute Gasteiger partial charge is 0.294 e. The summed E-state index contributed by atoms with van der Waals surface area (Å²) in [5, 5.41) is 4.41. The van der Waals surface area contributed by atoms with Gasteiger partial charge in [0.2, 0.25) is 9.84 Å². The zero-order valence-electron chi connectivity index (χ0n) is 35.3. The van der Waals surface area contributed by atoms with E-state index in [1.807, 2.05) is 0 Å². The van der Waals surface area contributed by atoms with Crippen LogP contribution in [0.15, 0.2) is 113 Å². The molecule has 0 atom stereocenters. The topological polar surface area (TPSA) is 82.7 Å². The van der Waals surface area contributed by atoms with E-state index in [2.05, 4.69) is 170 Å². The number of nitrogens with zero attached hydrogens (tertiary/aromatic N) is 5. The molecular weight excluding hydrogens is 723 g/mol. The van der Waals surface area contributed by atoms with Crippen LogP contribution in [0.4, 0.5) is 0 Å². The summed E-state index contributed by atoms with van der Waals surface area (Å²) in [5.74, 6) is 1.18. The fraction of sp³-hybridized carbons (Fsp3) is 0.327. The van der Waals surface area contributed by atoms with Crippen LogP contribution in [0.5, 0.6) is 0 Å². The second-order valence-corrected chi connectivity index (χ2v) is 21.6. The van der Waals surface area contributed by atoms with Crippen LogP contribution < -0.4 is 0 Å². The Kier molecular flexibility index (Phi) is 8.68. The summed E-state index contributed by atoms with van der Waals surface area (Å²) < 4.78 is 32.3. The number of benzene rings is 4. The summed E-state index contributed by atoms with van der Waals surface area (Å²) in [6.07, 6.45) is 4.34. The second-order valence-electron chi connectivity index (χ2n) is 19.7. The zero-order chi connectivity index (χ0) is 41.0. The maximum Gasteiger partial charge on any atom is 0.226 e. The van der Waals surface area contributed by atoms with Crippen molar-refractivity contribution in [3.63, 3.8) is 0 Å². The molecule has 8 heteroatoms. The number of rotatable bonds is 4. The first-order valence-corrected chi connectivity index (χ1v) is 21.2. The molecule has 0 aliphatic rings. The van der Waals surface area contributed by atoms with E-state index in [0.29, 0.717) is 11.6 Å². The van der Waals surface area contributed by atoms with Crippen LogP contribution in [0.25, 0.3) is 55.2 Å². The van der Waals surface area contributed by atoms with Gasteiger partial charge in [0.1, 0.15) is 5.82 Å². The summed E-state index contributed by atoms with van der Waals surface area (Å²) in [6.45, 7) is 26.7. The first kappa shape index (κ1) is 38.5. The number of hydrogen-bond donors (Lipinski definition) is 0. The molecule has 4 aromatic heterocycles. The van der Waals surface area contributed by atoms with Crippen molar-refractivity contribution in [2.75, 3.05) is 0 Å². The van der Waals surface area contributed by atoms with Crippen molar-refractivity contribution >= 4 is 53.4 Å². The monoisotopic (exact) mass is 775 g/mol.